The molecule has 2 nitrogen and oxygen atoms in total. The van der Waals surface area contributed by atoms with Gasteiger partial charge in [-0.3, -0.25) is 0 Å². The fourth-order valence-corrected chi connectivity index (χ4v) is 0.353. The van der Waals surface area contributed by atoms with Crippen LogP contribution >= 0.6 is 0 Å². The quantitative estimate of drug-likeness (QED) is 0.570. The van der Waals surface area contributed by atoms with Crippen molar-refractivity contribution >= 4 is 0 Å². The maximum atomic E-state index is 8.64. The van der Waals surface area contributed by atoms with E-state index in [9.17, 15) is 0 Å². The van der Waals surface area contributed by atoms with Crippen molar-refractivity contribution in [2.45, 2.75) is 26.9 Å². The van der Waals surface area contributed by atoms with Gasteiger partial charge in [0.15, 0.2) is 0 Å². The zero-order chi connectivity index (χ0) is 5.70. The molecule has 0 heterocycles. The fourth-order valence-electron chi connectivity index (χ4n) is 0.353. The van der Waals surface area contributed by atoms with Gasteiger partial charge in [-0.05, 0) is 26.9 Å². The van der Waals surface area contributed by atoms with Gasteiger partial charge in [0.2, 0.25) is 0 Å². The Morgan fingerprint density at radius 3 is 2.25 bits per heavy atom. The van der Waals surface area contributed by atoms with E-state index in [0.29, 0.717) is 0 Å². The topological polar surface area (TPSA) is 32.3 Å². The monoisotopic (exact) mass is 119 g/mol. The minimum Gasteiger partial charge on any atom is -0.393 e. The average molecular weight is 119 g/mol. The van der Waals surface area contributed by atoms with Gasteiger partial charge < -0.3 is 10.4 Å². The maximum Gasteiger partial charge on any atom is 0.0524 e. The zero-order valence-corrected chi connectivity index (χ0v) is 4.94. The van der Waals surface area contributed by atoms with Crippen LogP contribution in [0.1, 0.15) is 20.8 Å². The summed E-state index contributed by atoms with van der Waals surface area (Å²) in [6.45, 7) is 2.69. The van der Waals surface area contributed by atoms with Gasteiger partial charge in [-0.25, -0.2) is 0 Å². The molecule has 0 fully saturated rings. The van der Waals surface area contributed by atoms with Crippen molar-refractivity contribution in [3.05, 3.63) is 0 Å². The zero-order valence-electron chi connectivity index (χ0n) is 4.94. The molecule has 2 heteroatoms. The Balaban J connectivity index is 0. The fraction of sp³-hybridized carbons (Fsp3) is 1.00. The van der Waals surface area contributed by atoms with Crippen LogP contribution in [0.15, 0.2) is 0 Å². The molecule has 1 atom stereocenters. The number of rotatable bonds is 3. The van der Waals surface area contributed by atoms with E-state index in [4.69, 9.17) is 5.11 Å². The number of hydrogen-bond donors (Lipinski definition) is 2. The average Bonchev–Trinajstić information content (AvgIpc) is 1.61. The van der Waals surface area contributed by atoms with Crippen LogP contribution in [0.3, 0.4) is 0 Å². The summed E-state index contributed by atoms with van der Waals surface area (Å²) in [6, 6.07) is 0. The summed E-state index contributed by atoms with van der Waals surface area (Å²) >= 11 is 0. The lowest BCUT2D eigenvalue weighted by Gasteiger charge is -1.99. The Morgan fingerprint density at radius 2 is 2.12 bits per heavy atom. The van der Waals surface area contributed by atoms with E-state index < -0.39 is 0 Å². The third kappa shape index (κ3) is 9.33. The normalized spacial score (nSPS) is 12.4. The predicted molar refractivity (Wildman–Crippen MR) is 37.0 cm³/mol. The first kappa shape index (κ1) is 10.8. The van der Waals surface area contributed by atoms with Crippen molar-refractivity contribution in [3.8, 4) is 0 Å². The van der Waals surface area contributed by atoms with E-state index in [0.717, 1.165) is 13.0 Å². The molecule has 0 spiro atoms. The van der Waals surface area contributed by atoms with E-state index in [1.165, 1.54) is 0 Å². The van der Waals surface area contributed by atoms with Crippen LogP contribution in [-0.2, 0) is 0 Å². The van der Waals surface area contributed by atoms with Crippen LogP contribution in [-0.4, -0.2) is 24.8 Å². The molecule has 0 aliphatic rings. The molecule has 0 bridgehead atoms. The Kier molecular flexibility index (Phi) is 9.36. The van der Waals surface area contributed by atoms with Crippen LogP contribution in [0.25, 0.3) is 0 Å². The van der Waals surface area contributed by atoms with Gasteiger partial charge in [0.1, 0.15) is 0 Å². The summed E-state index contributed by atoms with van der Waals surface area (Å²) in [5.74, 6) is 0. The molecule has 0 aromatic heterocycles. The molecule has 0 aromatic carbocycles. The molecule has 52 valence electrons. The second kappa shape index (κ2) is 6.92. The van der Waals surface area contributed by atoms with Crippen molar-refractivity contribution < 1.29 is 5.11 Å². The van der Waals surface area contributed by atoms with E-state index >= 15 is 0 Å². The highest BCUT2D eigenvalue weighted by Crippen LogP contribution is 1.83. The highest BCUT2D eigenvalue weighted by molar-refractivity contribution is 4.46. The predicted octanol–water partition coefficient (Wildman–Crippen LogP) is 0.613. The Morgan fingerprint density at radius 1 is 1.62 bits per heavy atom. The van der Waals surface area contributed by atoms with Gasteiger partial charge in [0.05, 0.1) is 6.10 Å². The van der Waals surface area contributed by atoms with Crippen molar-refractivity contribution in [1.82, 2.24) is 5.32 Å². The molecule has 0 amide bonds. The number of hydrogen-bond acceptors (Lipinski definition) is 2. The van der Waals surface area contributed by atoms with E-state index in [2.05, 4.69) is 5.32 Å². The van der Waals surface area contributed by atoms with Gasteiger partial charge in [0.25, 0.3) is 0 Å². The summed E-state index contributed by atoms with van der Waals surface area (Å²) in [7, 11) is 1.88. The van der Waals surface area contributed by atoms with Crippen molar-refractivity contribution in [2.24, 2.45) is 0 Å². The Hall–Kier alpha value is -0.0800. The summed E-state index contributed by atoms with van der Waals surface area (Å²) in [6.07, 6.45) is 0.684. The summed E-state index contributed by atoms with van der Waals surface area (Å²) < 4.78 is 0. The highest BCUT2D eigenvalue weighted by Gasteiger charge is 1.89. The maximum absolute atomic E-state index is 8.64. The molecule has 0 saturated heterocycles. The molecule has 8 heavy (non-hydrogen) atoms. The molecule has 0 rings (SSSR count). The van der Waals surface area contributed by atoms with E-state index in [1.54, 1.807) is 6.92 Å². The van der Waals surface area contributed by atoms with Crippen LogP contribution in [0.5, 0.6) is 0 Å². The standard InChI is InChI=1S/C5H13NO.CH4/c1-5(7)3-4-6-2;/h5-7H,3-4H2,1-2H3;1H4. The lowest BCUT2D eigenvalue weighted by atomic mass is 10.3. The number of nitrogens with one attached hydrogen (secondary N) is 1. The van der Waals surface area contributed by atoms with Crippen molar-refractivity contribution in [1.29, 1.82) is 0 Å². The first-order valence-corrected chi connectivity index (χ1v) is 2.60. The molecule has 0 aliphatic carbocycles. The van der Waals surface area contributed by atoms with Gasteiger partial charge in [-0.1, -0.05) is 7.43 Å². The summed E-state index contributed by atoms with van der Waals surface area (Å²) in [5, 5.41) is 11.6. The van der Waals surface area contributed by atoms with Gasteiger partial charge >= 0.3 is 0 Å². The van der Waals surface area contributed by atoms with Crippen molar-refractivity contribution in [2.75, 3.05) is 13.6 Å². The second-order valence-electron chi connectivity index (χ2n) is 1.74. The van der Waals surface area contributed by atoms with E-state index in [1.807, 2.05) is 7.05 Å². The van der Waals surface area contributed by atoms with Crippen molar-refractivity contribution in [3.63, 3.8) is 0 Å². The molecule has 2 N–H and O–H groups in total. The first-order chi connectivity index (χ1) is 3.27. The lowest BCUT2D eigenvalue weighted by Crippen LogP contribution is -2.13. The first-order valence-electron chi connectivity index (χ1n) is 2.60. The summed E-state index contributed by atoms with van der Waals surface area (Å²) in [5.41, 5.74) is 0. The van der Waals surface area contributed by atoms with Crippen LogP contribution in [0, 0.1) is 0 Å². The second-order valence-corrected chi connectivity index (χ2v) is 1.74. The Bertz CT molecular complexity index is 37.5. The molecule has 0 radical (unpaired) electrons. The minimum atomic E-state index is -0.160. The molecule has 1 unspecified atom stereocenters. The van der Waals surface area contributed by atoms with Gasteiger partial charge in [0, 0.05) is 0 Å². The number of aliphatic hydroxyl groups excluding tert-OH is 1. The van der Waals surface area contributed by atoms with Crippen LogP contribution < -0.4 is 5.32 Å². The number of aliphatic hydroxyl groups is 1. The lowest BCUT2D eigenvalue weighted by molar-refractivity contribution is 0.184. The Labute approximate surface area is 51.9 Å². The SMILES string of the molecule is C.CNCCC(C)O. The van der Waals surface area contributed by atoms with E-state index in [-0.39, 0.29) is 13.5 Å². The molecule has 0 aliphatic heterocycles. The third-order valence-electron chi connectivity index (χ3n) is 0.812. The largest absolute Gasteiger partial charge is 0.393 e. The highest BCUT2D eigenvalue weighted by atomic mass is 16.3. The molecule has 0 saturated carbocycles. The summed E-state index contributed by atoms with van der Waals surface area (Å²) in [4.78, 5) is 0. The van der Waals surface area contributed by atoms with Gasteiger partial charge in [-0.15, -0.1) is 0 Å². The minimum absolute atomic E-state index is 0. The molecular formula is C6H17NO. The van der Waals surface area contributed by atoms with Gasteiger partial charge in [-0.2, -0.15) is 0 Å². The van der Waals surface area contributed by atoms with Crippen LogP contribution in [0.4, 0.5) is 0 Å². The molecule has 0 aromatic rings. The molecular weight excluding hydrogens is 102 g/mol. The third-order valence-corrected chi connectivity index (χ3v) is 0.812. The van der Waals surface area contributed by atoms with Crippen LogP contribution in [0.2, 0.25) is 0 Å². The smallest absolute Gasteiger partial charge is 0.0524 e.